The fourth-order valence-electron chi connectivity index (χ4n) is 10.8. The maximum Gasteiger partial charge on any atom is 1.00 e. The number of likely N-dealkylation sites (N-methyl/N-ethyl adjacent to an activating group) is 4. The zero-order valence-electron chi connectivity index (χ0n) is 78.7. The molecule has 5 N–H and O–H groups in total. The fraction of sp³-hybridized carbons (Fsp3) is 0.461. The number of aliphatic carboxylic acids is 1. The SMILES string of the molecule is CCC(C)OC(=O)Cl.CCC(C)OC(=O)OC(=O)[C@H](CC(=O)OC(C)(C)C)N(C)C(=O)OCc1ccccc1.CN(C(=O)NCc1cccc(F)c1Cl)[C@H](COC(=O)Nc1cc2ccccc2cn1)Cc1ncc2n1CCNC2.CN(C(=O)OCc1ccccc1)[C@@H](CC(=O)OC(C)(C)C)C(=O)O.CN(C(=O)OCc1ccccc1)[C@H](CO)CC(=O)OC(C)(C)C.S.S.S.S.[B].[H-].[Na+]. The van der Waals surface area contributed by atoms with E-state index in [1.807, 2.05) is 79.9 Å². The molecule has 0 saturated carbocycles. The van der Waals surface area contributed by atoms with Crippen LogP contribution in [0.1, 0.15) is 157 Å². The molecular formula is C89H126BCl2FN10NaO24S4. The molecule has 2 aromatic heterocycles. The first-order valence-corrected chi connectivity index (χ1v) is 41.1. The number of benzene rings is 5. The number of carbonyl (C=O) groups excluding carboxylic acids is 11. The maximum atomic E-state index is 13.8. The number of fused-ring (bicyclic) bond motifs is 2. The van der Waals surface area contributed by atoms with Gasteiger partial charge in [-0.1, -0.05) is 153 Å². The minimum atomic E-state index is -1.44. The molecule has 43 heteroatoms. The number of anilines is 1. The summed E-state index contributed by atoms with van der Waals surface area (Å²) in [7, 11) is 5.64. The Balaban J connectivity index is -0.000000814. The van der Waals surface area contributed by atoms with Gasteiger partial charge in [-0.15, -0.1) is 0 Å². The number of nitrogens with zero attached hydrogens (tertiary/aromatic N) is 7. The van der Waals surface area contributed by atoms with Gasteiger partial charge in [-0.05, 0) is 129 Å². The Kier molecular flexibility index (Phi) is 61.5. The number of aliphatic hydroxyl groups excluding tert-OH is 1. The first-order chi connectivity index (χ1) is 59.3. The van der Waals surface area contributed by atoms with E-state index < -0.39 is 138 Å². The maximum absolute atomic E-state index is 13.8. The number of nitrogens with one attached hydrogen (secondary N) is 3. The van der Waals surface area contributed by atoms with Crippen LogP contribution in [0.3, 0.4) is 0 Å². The van der Waals surface area contributed by atoms with Crippen molar-refractivity contribution in [3.8, 4) is 0 Å². The van der Waals surface area contributed by atoms with E-state index in [0.29, 0.717) is 30.8 Å². The van der Waals surface area contributed by atoms with Gasteiger partial charge < -0.3 is 84.0 Å². The normalized spacial score (nSPS) is 12.2. The van der Waals surface area contributed by atoms with Crippen molar-refractivity contribution in [1.29, 1.82) is 0 Å². The zero-order valence-corrected chi connectivity index (χ0v) is 85.2. The van der Waals surface area contributed by atoms with Gasteiger partial charge in [0.1, 0.15) is 85.0 Å². The Labute approximate surface area is 834 Å². The van der Waals surface area contributed by atoms with Gasteiger partial charge >= 0.3 is 101 Å². The summed E-state index contributed by atoms with van der Waals surface area (Å²) in [6.45, 7) is 24.4. The molecule has 0 bridgehead atoms. The second-order valence-electron chi connectivity index (χ2n) is 31.6. The summed E-state index contributed by atoms with van der Waals surface area (Å²) in [4.78, 5) is 157. The van der Waals surface area contributed by atoms with Crippen LogP contribution in [-0.2, 0) is 117 Å². The summed E-state index contributed by atoms with van der Waals surface area (Å²) < 4.78 is 66.6. The second-order valence-corrected chi connectivity index (χ2v) is 32.3. The second kappa shape index (κ2) is 64.2. The number of aliphatic hydroxyl groups is 1. The molecule has 5 aromatic carbocycles. The van der Waals surface area contributed by atoms with Gasteiger partial charge in [0.05, 0.1) is 48.7 Å². The molecule has 132 heavy (non-hydrogen) atoms. The van der Waals surface area contributed by atoms with Gasteiger partial charge in [-0.3, -0.25) is 29.5 Å². The molecule has 3 heterocycles. The summed E-state index contributed by atoms with van der Waals surface area (Å²) in [5.41, 5.74) is 1.03. The predicted octanol–water partition coefficient (Wildman–Crippen LogP) is 12.3. The molecule has 1 aliphatic rings. The number of aromatic nitrogens is 3. The van der Waals surface area contributed by atoms with E-state index >= 15 is 0 Å². The number of pyridine rings is 1. The van der Waals surface area contributed by atoms with Crippen LogP contribution < -0.4 is 45.5 Å². The van der Waals surface area contributed by atoms with Gasteiger partial charge in [-0.25, -0.2) is 57.5 Å². The van der Waals surface area contributed by atoms with E-state index in [1.54, 1.807) is 157 Å². The number of rotatable bonds is 30. The number of carboxylic acids is 1. The number of amides is 6. The van der Waals surface area contributed by atoms with Gasteiger partial charge in [0.2, 0.25) is 0 Å². The third kappa shape index (κ3) is 49.3. The number of hydrogen-bond acceptors (Lipinski definition) is 26. The first kappa shape index (κ1) is 126. The van der Waals surface area contributed by atoms with Crippen molar-refractivity contribution in [2.75, 3.05) is 53.3 Å². The molecule has 0 saturated heterocycles. The van der Waals surface area contributed by atoms with Crippen molar-refractivity contribution < 1.29 is 150 Å². The van der Waals surface area contributed by atoms with E-state index in [4.69, 9.17) is 65.8 Å². The van der Waals surface area contributed by atoms with Crippen molar-refractivity contribution in [3.05, 3.63) is 197 Å². The predicted molar refractivity (Wildman–Crippen MR) is 513 cm³/mol. The standard InChI is InChI=1S/C28H29ClFN7O3.C22H31NO8.C17H23NO6.C17H25NO5.C5H9ClO2.B.Na.4H2S.H/c1-36(27(38)34-14-20-7-4-8-23(30)26(20)29)21(12-25-33-16-22-15-31-9-10-37(22)25)17-40-28(39)35-24-11-18-5-2-3-6-19(18)13-32-24;1-7-15(2)29-21(27)30-19(25)17(13-18(24)31-22(3,4)5)23(6)20(26)28-14-16-11-9-8-10-12-16;1-17(2,3)24-14(19)10-13(15(20)21)18(4)16(22)23-11-12-8-6-5-7-9-12;1-17(2,3)23-15(20)10-14(11-19)18(4)16(21)22-12-13-8-6-5-7-9-13;1-3-4(2)8-5(6)7;;;;;;;/h2-8,11,13,16,21,31H,9-10,12,14-15,17H2,1H3,(H,34,38)(H,32,35,39);8-12,15,17H,7,13-14H2,1-6H3;5-9,13H,10-11H2,1-4H3,(H,20,21);5-9,14,19H,10-12H2,1-4H3;4H,3H2,1-2H3;;;4*1H2;/q;;;;;;+1;;;;;-1/t21-;15?,17-;13-;14-;;;;;;;;/m0000......../s1. The van der Waals surface area contributed by atoms with Crippen molar-refractivity contribution in [1.82, 2.24) is 44.8 Å². The fourth-order valence-corrected chi connectivity index (χ4v) is 11.2. The van der Waals surface area contributed by atoms with Gasteiger partial charge in [-0.2, -0.15) is 54.0 Å². The number of hydrogen-bond donors (Lipinski definition) is 5. The molecule has 0 spiro atoms. The summed E-state index contributed by atoms with van der Waals surface area (Å²) in [5.74, 6) is -3.76. The average molecular weight is 1970 g/mol. The topological polar surface area (TPSA) is 417 Å². The monoisotopic (exact) mass is 1970 g/mol. The third-order valence-electron chi connectivity index (χ3n) is 17.9. The van der Waals surface area contributed by atoms with Crippen LogP contribution in [0.5, 0.6) is 0 Å². The van der Waals surface area contributed by atoms with Crippen molar-refractivity contribution in [2.24, 2.45) is 0 Å². The van der Waals surface area contributed by atoms with Crippen LogP contribution in [0.2, 0.25) is 5.02 Å². The van der Waals surface area contributed by atoms with Crippen molar-refractivity contribution in [2.45, 2.75) is 221 Å². The van der Waals surface area contributed by atoms with Crippen molar-refractivity contribution >= 4 is 174 Å². The van der Waals surface area contributed by atoms with Crippen LogP contribution in [0.25, 0.3) is 10.8 Å². The number of ether oxygens (including phenoxy) is 10. The summed E-state index contributed by atoms with van der Waals surface area (Å²) in [6, 6.07) is 36.6. The number of urea groups is 1. The van der Waals surface area contributed by atoms with Crippen LogP contribution in [-0.4, -0.2) is 226 Å². The number of carbonyl (C=O) groups is 12. The minimum absolute atomic E-state index is 0. The van der Waals surface area contributed by atoms with Crippen LogP contribution in [0.15, 0.2) is 152 Å². The molecule has 725 valence electrons. The van der Waals surface area contributed by atoms with Gasteiger partial charge in [0.25, 0.3) is 0 Å². The van der Waals surface area contributed by atoms with E-state index in [9.17, 15) is 72.1 Å². The molecule has 1 aliphatic heterocycles. The largest absolute Gasteiger partial charge is 1.00 e. The van der Waals surface area contributed by atoms with Gasteiger partial charge in [0, 0.05) is 98.6 Å². The van der Waals surface area contributed by atoms with E-state index in [1.165, 1.54) is 43.1 Å². The molecule has 34 nitrogen and oxygen atoms in total. The summed E-state index contributed by atoms with van der Waals surface area (Å²) in [6.07, 6.45) is -0.619. The number of imidazole rings is 1. The Hall–Kier alpha value is -9.75. The van der Waals surface area contributed by atoms with Crippen LogP contribution in [0, 0.1) is 5.82 Å². The Morgan fingerprint density at radius 3 is 1.48 bits per heavy atom. The Morgan fingerprint density at radius 2 is 1.02 bits per heavy atom. The smallest absolute Gasteiger partial charge is 1.00 e. The molecule has 0 aliphatic carbocycles. The molecule has 8 rings (SSSR count). The Bertz CT molecular complexity index is 4720. The molecule has 6 atom stereocenters. The average Bonchev–Trinajstić information content (AvgIpc) is 1.70. The Morgan fingerprint density at radius 1 is 0.576 bits per heavy atom. The van der Waals surface area contributed by atoms with E-state index in [-0.39, 0.29) is 151 Å². The van der Waals surface area contributed by atoms with E-state index in [2.05, 4.69) is 35.2 Å². The minimum Gasteiger partial charge on any atom is -1.00 e. The first-order valence-electron chi connectivity index (χ1n) is 40.3. The summed E-state index contributed by atoms with van der Waals surface area (Å²) >= 11 is 10.9. The quantitative estimate of drug-likeness (QED) is 0.00917. The molecule has 3 radical (unpaired) electrons. The zero-order chi connectivity index (χ0) is 94.0. The summed E-state index contributed by atoms with van der Waals surface area (Å²) in [5, 5.41) is 29.3. The molecule has 2 unspecified atom stereocenters. The molecule has 0 fully saturated rings. The number of esters is 4. The van der Waals surface area contributed by atoms with Crippen LogP contribution in [0.4, 0.5) is 43.8 Å². The molecule has 6 amide bonds. The third-order valence-corrected chi connectivity index (χ3v) is 18.4. The molecular weight excluding hydrogens is 1840 g/mol. The number of carboxylic acid groups (broad SMARTS) is 1. The van der Waals surface area contributed by atoms with Crippen LogP contribution >= 0.6 is 77.2 Å². The van der Waals surface area contributed by atoms with E-state index in [0.717, 1.165) is 68.3 Å². The van der Waals surface area contributed by atoms with Crippen molar-refractivity contribution in [3.63, 3.8) is 0 Å². The van der Waals surface area contributed by atoms with Gasteiger partial charge in [0.15, 0.2) is 0 Å². The molecule has 7 aromatic rings. The number of halogens is 3.